The summed E-state index contributed by atoms with van der Waals surface area (Å²) in [7, 11) is 0. The maximum Gasteiger partial charge on any atom is 0.361 e. The van der Waals surface area contributed by atoms with Crippen LogP contribution in [-0.2, 0) is 19.2 Å². The molecular weight excluding hydrogens is 292 g/mol. The molecule has 2 N–H and O–H groups in total. The summed E-state index contributed by atoms with van der Waals surface area (Å²) in [6, 6.07) is 6.15. The lowest BCUT2D eigenvalue weighted by Gasteiger charge is -2.16. The van der Waals surface area contributed by atoms with Crippen LogP contribution < -0.4 is 5.73 Å². The second-order valence-corrected chi connectivity index (χ2v) is 4.95. The summed E-state index contributed by atoms with van der Waals surface area (Å²) in [5.74, 6) is -2.99. The van der Waals surface area contributed by atoms with Gasteiger partial charge in [-0.3, -0.25) is 14.4 Å². The van der Waals surface area contributed by atoms with E-state index in [-0.39, 0.29) is 24.0 Å². The molecule has 0 aliphatic carbocycles. The molecule has 0 saturated carbocycles. The maximum absolute atomic E-state index is 12.0. The van der Waals surface area contributed by atoms with Crippen molar-refractivity contribution in [2.75, 3.05) is 0 Å². The van der Waals surface area contributed by atoms with Crippen molar-refractivity contribution in [3.8, 4) is 0 Å². The summed E-state index contributed by atoms with van der Waals surface area (Å²) in [5.41, 5.74) is 5.43. The number of carbonyl (C=O) groups excluding carboxylic acids is 4. The Morgan fingerprint density at radius 3 is 2.14 bits per heavy atom. The predicted octanol–water partition coefficient (Wildman–Crippen LogP) is -0.226. The van der Waals surface area contributed by atoms with Gasteiger partial charge in [0, 0.05) is 0 Å². The number of amides is 3. The van der Waals surface area contributed by atoms with Gasteiger partial charge >= 0.3 is 5.97 Å². The third kappa shape index (κ3) is 2.23. The number of carbonyl (C=O) groups is 4. The highest BCUT2D eigenvalue weighted by Crippen LogP contribution is 2.25. The lowest BCUT2D eigenvalue weighted by atomic mass is 10.1. The van der Waals surface area contributed by atoms with Gasteiger partial charge in [-0.2, -0.15) is 0 Å². The van der Waals surface area contributed by atoms with Crippen molar-refractivity contribution in [2.45, 2.75) is 25.0 Å². The summed E-state index contributed by atoms with van der Waals surface area (Å²) in [4.78, 5) is 51.9. The molecule has 0 unspecified atom stereocenters. The summed E-state index contributed by atoms with van der Waals surface area (Å²) in [6.45, 7) is 0. The number of hydroxylamine groups is 2. The number of ether oxygens (including phenoxy) is 1. The first-order chi connectivity index (χ1) is 10.5. The van der Waals surface area contributed by atoms with Crippen LogP contribution in [0.25, 0.3) is 0 Å². The molecule has 0 radical (unpaired) electrons. The van der Waals surface area contributed by atoms with Gasteiger partial charge in [0.15, 0.2) is 6.10 Å². The average molecular weight is 304 g/mol. The highest BCUT2D eigenvalue weighted by molar-refractivity contribution is 6.20. The molecule has 8 heteroatoms. The first kappa shape index (κ1) is 14.2. The number of imide groups is 1. The van der Waals surface area contributed by atoms with Gasteiger partial charge in [-0.05, 0) is 25.0 Å². The van der Waals surface area contributed by atoms with E-state index in [1.807, 2.05) is 0 Å². The normalized spacial score (nSPS) is 23.5. The standard InChI is InChI=1S/C14H12N2O6/c15-11(17)9-5-6-10(21-9)14(20)22-16-12(18)7-3-1-2-4-8(7)13(16)19/h1-4,9-10H,5-6H2,(H2,15,17)/t9-,10+/m0/s1. The van der Waals surface area contributed by atoms with Gasteiger partial charge < -0.3 is 15.3 Å². The van der Waals surface area contributed by atoms with E-state index >= 15 is 0 Å². The molecule has 8 nitrogen and oxygen atoms in total. The molecule has 1 aromatic carbocycles. The lowest BCUT2D eigenvalue weighted by molar-refractivity contribution is -0.181. The molecule has 1 saturated heterocycles. The quantitative estimate of drug-likeness (QED) is 0.771. The summed E-state index contributed by atoms with van der Waals surface area (Å²) >= 11 is 0. The minimum absolute atomic E-state index is 0.169. The second kappa shape index (κ2) is 5.23. The Morgan fingerprint density at radius 1 is 1.09 bits per heavy atom. The SMILES string of the molecule is NC(=O)[C@@H]1CC[C@H](C(=O)ON2C(=O)c3ccccc3C2=O)O1. The van der Waals surface area contributed by atoms with E-state index in [0.717, 1.165) is 0 Å². The van der Waals surface area contributed by atoms with Gasteiger partial charge in [-0.1, -0.05) is 17.2 Å². The number of nitrogens with two attached hydrogens (primary N) is 1. The van der Waals surface area contributed by atoms with Crippen LogP contribution in [0.15, 0.2) is 24.3 Å². The Kier molecular flexibility index (Phi) is 3.38. The number of nitrogens with zero attached hydrogens (tertiary/aromatic N) is 1. The van der Waals surface area contributed by atoms with Crippen LogP contribution in [0.2, 0.25) is 0 Å². The molecular formula is C14H12N2O6. The Bertz CT molecular complexity index is 651. The van der Waals surface area contributed by atoms with E-state index in [4.69, 9.17) is 15.3 Å². The fraction of sp³-hybridized carbons (Fsp3) is 0.286. The van der Waals surface area contributed by atoms with Crippen LogP contribution >= 0.6 is 0 Å². The minimum atomic E-state index is -1.03. The van der Waals surface area contributed by atoms with E-state index in [0.29, 0.717) is 5.06 Å². The first-order valence-electron chi connectivity index (χ1n) is 6.63. The largest absolute Gasteiger partial charge is 0.367 e. The Morgan fingerprint density at radius 2 is 1.64 bits per heavy atom. The zero-order chi connectivity index (χ0) is 15.9. The maximum atomic E-state index is 12.0. The number of primary amides is 1. The third-order valence-electron chi connectivity index (χ3n) is 3.54. The molecule has 2 heterocycles. The topological polar surface area (TPSA) is 116 Å². The molecule has 3 amide bonds. The molecule has 0 aromatic heterocycles. The van der Waals surface area contributed by atoms with E-state index < -0.39 is 35.9 Å². The number of hydrogen-bond acceptors (Lipinski definition) is 6. The van der Waals surface area contributed by atoms with Gasteiger partial charge in [-0.25, -0.2) is 4.79 Å². The van der Waals surface area contributed by atoms with E-state index in [1.54, 1.807) is 12.1 Å². The van der Waals surface area contributed by atoms with Crippen LogP contribution in [0.5, 0.6) is 0 Å². The Labute approximate surface area is 124 Å². The van der Waals surface area contributed by atoms with Gasteiger partial charge in [0.1, 0.15) is 6.10 Å². The van der Waals surface area contributed by atoms with Crippen molar-refractivity contribution in [3.05, 3.63) is 35.4 Å². The first-order valence-corrected chi connectivity index (χ1v) is 6.63. The average Bonchev–Trinajstić information content (AvgIpc) is 3.08. The van der Waals surface area contributed by atoms with E-state index in [9.17, 15) is 19.2 Å². The predicted molar refractivity (Wildman–Crippen MR) is 70.1 cm³/mol. The number of fused-ring (bicyclic) bond motifs is 1. The lowest BCUT2D eigenvalue weighted by Crippen LogP contribution is -2.37. The molecule has 22 heavy (non-hydrogen) atoms. The van der Waals surface area contributed by atoms with Crippen LogP contribution in [0.3, 0.4) is 0 Å². The van der Waals surface area contributed by atoms with Crippen molar-refractivity contribution >= 4 is 23.7 Å². The third-order valence-corrected chi connectivity index (χ3v) is 3.54. The van der Waals surface area contributed by atoms with Crippen LogP contribution in [-0.4, -0.2) is 41.0 Å². The molecule has 1 fully saturated rings. The van der Waals surface area contributed by atoms with Gasteiger partial charge in [-0.15, -0.1) is 0 Å². The minimum Gasteiger partial charge on any atom is -0.367 e. The molecule has 114 valence electrons. The zero-order valence-corrected chi connectivity index (χ0v) is 11.4. The van der Waals surface area contributed by atoms with Crippen molar-refractivity contribution in [3.63, 3.8) is 0 Å². The van der Waals surface area contributed by atoms with Crippen LogP contribution in [0.1, 0.15) is 33.6 Å². The van der Waals surface area contributed by atoms with Crippen molar-refractivity contribution in [1.29, 1.82) is 0 Å². The monoisotopic (exact) mass is 304 g/mol. The van der Waals surface area contributed by atoms with Gasteiger partial charge in [0.05, 0.1) is 11.1 Å². The van der Waals surface area contributed by atoms with E-state index in [2.05, 4.69) is 0 Å². The van der Waals surface area contributed by atoms with Crippen LogP contribution in [0.4, 0.5) is 0 Å². The molecule has 2 atom stereocenters. The van der Waals surface area contributed by atoms with Gasteiger partial charge in [0.2, 0.25) is 5.91 Å². The van der Waals surface area contributed by atoms with Crippen molar-refractivity contribution < 1.29 is 28.8 Å². The fourth-order valence-electron chi connectivity index (χ4n) is 2.42. The Balaban J connectivity index is 1.70. The highest BCUT2D eigenvalue weighted by atomic mass is 16.7. The molecule has 3 rings (SSSR count). The van der Waals surface area contributed by atoms with Crippen LogP contribution in [0, 0.1) is 0 Å². The Hall–Kier alpha value is -2.74. The van der Waals surface area contributed by atoms with E-state index in [1.165, 1.54) is 12.1 Å². The van der Waals surface area contributed by atoms with Crippen molar-refractivity contribution in [2.24, 2.45) is 5.73 Å². The smallest absolute Gasteiger partial charge is 0.361 e. The molecule has 0 bridgehead atoms. The number of benzene rings is 1. The highest BCUT2D eigenvalue weighted by Gasteiger charge is 2.42. The summed E-state index contributed by atoms with van der Waals surface area (Å²) < 4.78 is 5.14. The summed E-state index contributed by atoms with van der Waals surface area (Å²) in [5, 5.41) is 0.411. The number of hydrogen-bond donors (Lipinski definition) is 1. The summed E-state index contributed by atoms with van der Waals surface area (Å²) in [6.07, 6.45) is -1.37. The second-order valence-electron chi connectivity index (χ2n) is 4.95. The van der Waals surface area contributed by atoms with Crippen molar-refractivity contribution in [1.82, 2.24) is 5.06 Å². The number of rotatable bonds is 3. The molecule has 0 spiro atoms. The molecule has 2 aliphatic rings. The zero-order valence-electron chi connectivity index (χ0n) is 11.4. The molecule has 2 aliphatic heterocycles. The molecule has 1 aromatic rings. The van der Waals surface area contributed by atoms with Gasteiger partial charge in [0.25, 0.3) is 11.8 Å². The fourth-order valence-corrected chi connectivity index (χ4v) is 2.42.